The number of anilines is 1. The molecular formula is C22H18BrF3N2O6S. The number of methoxy groups -OCH3 is 1. The standard InChI is InChI=1S/C22H18BrF3N2O6S/c1-3-34-17-6-11(13(23)9-15(17)29)7-18-20(31)28(21(32)35-18)10-19(30)27-14-8-12(22(24,25)26)4-5-16(14)33-2/h4-9,29H,3,10H2,1-2H3,(H,27,30)/b18-7-. The molecule has 35 heavy (non-hydrogen) atoms. The Morgan fingerprint density at radius 1 is 1.23 bits per heavy atom. The van der Waals surface area contributed by atoms with Crippen LogP contribution in [0, 0.1) is 0 Å². The lowest BCUT2D eigenvalue weighted by atomic mass is 10.1. The Morgan fingerprint density at radius 2 is 1.94 bits per heavy atom. The number of hydrogen-bond donors (Lipinski definition) is 2. The number of rotatable bonds is 7. The maximum atomic E-state index is 13.0. The molecule has 0 aromatic heterocycles. The minimum absolute atomic E-state index is 0.00767. The van der Waals surface area contributed by atoms with E-state index in [0.717, 1.165) is 12.1 Å². The molecule has 13 heteroatoms. The van der Waals surface area contributed by atoms with Gasteiger partial charge in [0.2, 0.25) is 5.91 Å². The molecule has 0 saturated carbocycles. The molecule has 0 radical (unpaired) electrons. The summed E-state index contributed by atoms with van der Waals surface area (Å²) in [6, 6.07) is 5.39. The summed E-state index contributed by atoms with van der Waals surface area (Å²) >= 11 is 3.86. The molecule has 0 spiro atoms. The first-order valence-corrected chi connectivity index (χ1v) is 11.5. The van der Waals surface area contributed by atoms with Crippen LogP contribution in [0.3, 0.4) is 0 Å². The van der Waals surface area contributed by atoms with E-state index in [1.807, 2.05) is 0 Å². The second-order valence-electron chi connectivity index (χ2n) is 7.00. The van der Waals surface area contributed by atoms with E-state index in [9.17, 15) is 32.7 Å². The van der Waals surface area contributed by atoms with Crippen molar-refractivity contribution < 1.29 is 42.1 Å². The Hall–Kier alpha value is -3.19. The number of amides is 3. The van der Waals surface area contributed by atoms with Crippen molar-refractivity contribution in [2.75, 3.05) is 25.6 Å². The molecule has 8 nitrogen and oxygen atoms in total. The molecule has 0 aliphatic carbocycles. The third kappa shape index (κ3) is 6.09. The molecule has 2 aromatic rings. The minimum Gasteiger partial charge on any atom is -0.504 e. The molecule has 0 unspecified atom stereocenters. The van der Waals surface area contributed by atoms with Gasteiger partial charge in [-0.2, -0.15) is 13.2 Å². The summed E-state index contributed by atoms with van der Waals surface area (Å²) in [5, 5.41) is 11.5. The van der Waals surface area contributed by atoms with Crippen LogP contribution in [-0.4, -0.2) is 47.3 Å². The Bertz CT molecular complexity index is 1220. The summed E-state index contributed by atoms with van der Waals surface area (Å²) < 4.78 is 49.8. The van der Waals surface area contributed by atoms with E-state index in [2.05, 4.69) is 21.2 Å². The van der Waals surface area contributed by atoms with E-state index in [-0.39, 0.29) is 34.4 Å². The van der Waals surface area contributed by atoms with Crippen molar-refractivity contribution in [2.45, 2.75) is 13.1 Å². The average molecular weight is 575 g/mol. The van der Waals surface area contributed by atoms with Crippen LogP contribution < -0.4 is 14.8 Å². The van der Waals surface area contributed by atoms with E-state index in [1.165, 1.54) is 25.3 Å². The van der Waals surface area contributed by atoms with Crippen molar-refractivity contribution >= 4 is 56.5 Å². The lowest BCUT2D eigenvalue weighted by Gasteiger charge is -2.16. The van der Waals surface area contributed by atoms with E-state index in [1.54, 1.807) is 6.92 Å². The Labute approximate surface area is 210 Å². The summed E-state index contributed by atoms with van der Waals surface area (Å²) in [5.41, 5.74) is -0.824. The van der Waals surface area contributed by atoms with Crippen LogP contribution in [0.15, 0.2) is 39.7 Å². The van der Waals surface area contributed by atoms with Gasteiger partial charge in [0, 0.05) is 4.47 Å². The van der Waals surface area contributed by atoms with E-state index in [4.69, 9.17) is 9.47 Å². The van der Waals surface area contributed by atoms with Crippen LogP contribution in [0.25, 0.3) is 6.08 Å². The number of ether oxygens (including phenoxy) is 2. The lowest BCUT2D eigenvalue weighted by molar-refractivity contribution is -0.137. The number of thioether (sulfide) groups is 1. The van der Waals surface area contributed by atoms with Crippen molar-refractivity contribution in [3.63, 3.8) is 0 Å². The molecular weight excluding hydrogens is 557 g/mol. The molecule has 2 aromatic carbocycles. The largest absolute Gasteiger partial charge is 0.504 e. The number of phenolic OH excluding ortho intramolecular Hbond substituents is 1. The van der Waals surface area contributed by atoms with Gasteiger partial charge in [-0.3, -0.25) is 19.3 Å². The number of carbonyl (C=O) groups excluding carboxylic acids is 3. The van der Waals surface area contributed by atoms with E-state index < -0.39 is 35.3 Å². The van der Waals surface area contributed by atoms with Crippen LogP contribution in [0.2, 0.25) is 0 Å². The van der Waals surface area contributed by atoms with Gasteiger partial charge in [0.05, 0.1) is 29.9 Å². The maximum Gasteiger partial charge on any atom is 0.416 e. The van der Waals surface area contributed by atoms with Crippen LogP contribution in [0.1, 0.15) is 18.1 Å². The zero-order chi connectivity index (χ0) is 25.9. The molecule has 0 atom stereocenters. The summed E-state index contributed by atoms with van der Waals surface area (Å²) in [5.74, 6) is -1.62. The number of nitrogens with one attached hydrogen (secondary N) is 1. The first-order valence-electron chi connectivity index (χ1n) is 9.90. The van der Waals surface area contributed by atoms with Gasteiger partial charge >= 0.3 is 6.18 Å². The second-order valence-corrected chi connectivity index (χ2v) is 8.85. The Kier molecular flexibility index (Phi) is 8.00. The van der Waals surface area contributed by atoms with Gasteiger partial charge in [-0.05, 0) is 60.7 Å². The van der Waals surface area contributed by atoms with Crippen molar-refractivity contribution in [1.82, 2.24) is 4.90 Å². The number of phenols is 1. The molecule has 3 amide bonds. The number of benzene rings is 2. The zero-order valence-electron chi connectivity index (χ0n) is 18.2. The number of carbonyl (C=O) groups is 3. The fraction of sp³-hybridized carbons (Fsp3) is 0.227. The fourth-order valence-electron chi connectivity index (χ4n) is 3.03. The zero-order valence-corrected chi connectivity index (χ0v) is 20.6. The molecule has 1 fully saturated rings. The van der Waals surface area contributed by atoms with Crippen LogP contribution in [0.4, 0.5) is 23.7 Å². The third-order valence-electron chi connectivity index (χ3n) is 4.64. The van der Waals surface area contributed by atoms with Crippen LogP contribution in [-0.2, 0) is 15.8 Å². The van der Waals surface area contributed by atoms with Crippen LogP contribution >= 0.6 is 27.7 Å². The minimum atomic E-state index is -4.65. The first kappa shape index (κ1) is 26.4. The van der Waals surface area contributed by atoms with Gasteiger partial charge < -0.3 is 19.9 Å². The highest BCUT2D eigenvalue weighted by Gasteiger charge is 2.37. The predicted molar refractivity (Wildman–Crippen MR) is 126 cm³/mol. The van der Waals surface area contributed by atoms with Gasteiger partial charge in [0.25, 0.3) is 11.1 Å². The highest BCUT2D eigenvalue weighted by molar-refractivity contribution is 9.10. The summed E-state index contributed by atoms with van der Waals surface area (Å²) in [4.78, 5) is 38.3. The van der Waals surface area contributed by atoms with Gasteiger partial charge in [0.15, 0.2) is 11.5 Å². The Morgan fingerprint density at radius 3 is 2.57 bits per heavy atom. The molecule has 186 valence electrons. The van der Waals surface area contributed by atoms with E-state index in [0.29, 0.717) is 32.8 Å². The highest BCUT2D eigenvalue weighted by atomic mass is 79.9. The van der Waals surface area contributed by atoms with Gasteiger partial charge in [-0.15, -0.1) is 0 Å². The second kappa shape index (κ2) is 10.6. The first-order chi connectivity index (χ1) is 16.4. The SMILES string of the molecule is CCOc1cc(/C=C2\SC(=O)N(CC(=O)Nc3cc(C(F)(F)F)ccc3OC)C2=O)c(Br)cc1O. The molecule has 1 aliphatic rings. The maximum absolute atomic E-state index is 13.0. The van der Waals surface area contributed by atoms with Crippen molar-refractivity contribution in [3.05, 3.63) is 50.8 Å². The number of hydrogen-bond acceptors (Lipinski definition) is 7. The number of alkyl halides is 3. The highest BCUT2D eigenvalue weighted by Crippen LogP contribution is 2.38. The smallest absolute Gasteiger partial charge is 0.416 e. The van der Waals surface area contributed by atoms with Crippen LogP contribution in [0.5, 0.6) is 17.2 Å². The predicted octanol–water partition coefficient (Wildman–Crippen LogP) is 5.26. The van der Waals surface area contributed by atoms with E-state index >= 15 is 0 Å². The number of halogens is 4. The van der Waals surface area contributed by atoms with Gasteiger partial charge in [-0.1, -0.05) is 15.9 Å². The van der Waals surface area contributed by atoms with Crippen molar-refractivity contribution in [3.8, 4) is 17.2 Å². The molecule has 2 N–H and O–H groups in total. The quantitative estimate of drug-likeness (QED) is 0.435. The average Bonchev–Trinajstić information content (AvgIpc) is 3.03. The number of imide groups is 1. The normalized spacial score (nSPS) is 15.0. The summed E-state index contributed by atoms with van der Waals surface area (Å²) in [6.45, 7) is 1.30. The summed E-state index contributed by atoms with van der Waals surface area (Å²) in [6.07, 6.45) is -3.25. The number of nitrogens with zero attached hydrogens (tertiary/aromatic N) is 1. The van der Waals surface area contributed by atoms with Crippen molar-refractivity contribution in [1.29, 1.82) is 0 Å². The van der Waals surface area contributed by atoms with Crippen molar-refractivity contribution in [2.24, 2.45) is 0 Å². The third-order valence-corrected chi connectivity index (χ3v) is 6.24. The number of aromatic hydroxyl groups is 1. The lowest BCUT2D eigenvalue weighted by Crippen LogP contribution is -2.36. The van der Waals surface area contributed by atoms with Gasteiger partial charge in [-0.25, -0.2) is 0 Å². The van der Waals surface area contributed by atoms with Gasteiger partial charge in [0.1, 0.15) is 12.3 Å². The topological polar surface area (TPSA) is 105 Å². The summed E-state index contributed by atoms with van der Waals surface area (Å²) in [7, 11) is 1.22. The molecule has 1 aliphatic heterocycles. The Balaban J connectivity index is 1.79. The molecule has 1 heterocycles. The molecule has 3 rings (SSSR count). The molecule has 0 bridgehead atoms. The monoisotopic (exact) mass is 574 g/mol. The molecule has 1 saturated heterocycles. The fourth-order valence-corrected chi connectivity index (χ4v) is 4.31.